The number of ether oxygens (including phenoxy) is 1. The van der Waals surface area contributed by atoms with Crippen molar-refractivity contribution in [2.45, 2.75) is 6.43 Å². The predicted molar refractivity (Wildman–Crippen MR) is 58.1 cm³/mol. The first kappa shape index (κ1) is 13.6. The number of benzene rings is 1. The van der Waals surface area contributed by atoms with Crippen molar-refractivity contribution in [2.24, 2.45) is 10.9 Å². The van der Waals surface area contributed by atoms with Gasteiger partial charge in [0.05, 0.1) is 4.47 Å². The number of oxime groups is 1. The van der Waals surface area contributed by atoms with Gasteiger partial charge >= 0.3 is 0 Å². The van der Waals surface area contributed by atoms with E-state index in [-0.39, 0.29) is 21.6 Å². The summed E-state index contributed by atoms with van der Waals surface area (Å²) in [7, 11) is 0. The van der Waals surface area contributed by atoms with Crippen molar-refractivity contribution in [1.29, 1.82) is 0 Å². The smallest absolute Gasteiger partial charge is 0.272 e. The normalized spacial score (nSPS) is 11.9. The fourth-order valence-electron chi connectivity index (χ4n) is 1.05. The standard InChI is InChI=1S/C9H8BrF3N2O2/c10-7-4(9(14)15-16)1-2-5(8(7)13)17-3-6(11)12/h1-2,6,16H,3H2,(H2,14,15). The lowest BCUT2D eigenvalue weighted by atomic mass is 10.2. The Balaban J connectivity index is 3.02. The third kappa shape index (κ3) is 3.26. The first-order chi connectivity index (χ1) is 7.97. The summed E-state index contributed by atoms with van der Waals surface area (Å²) in [5, 5.41) is 11.1. The molecule has 0 aliphatic rings. The molecule has 0 aliphatic heterocycles. The second kappa shape index (κ2) is 5.76. The Kier molecular flexibility index (Phi) is 4.62. The summed E-state index contributed by atoms with van der Waals surface area (Å²) >= 11 is 2.87. The van der Waals surface area contributed by atoms with E-state index in [0.717, 1.165) is 6.07 Å². The number of halogens is 4. The molecule has 0 atom stereocenters. The van der Waals surface area contributed by atoms with E-state index >= 15 is 0 Å². The van der Waals surface area contributed by atoms with Gasteiger partial charge in [-0.05, 0) is 28.1 Å². The van der Waals surface area contributed by atoms with Crippen molar-refractivity contribution in [1.82, 2.24) is 0 Å². The van der Waals surface area contributed by atoms with Gasteiger partial charge in [-0.3, -0.25) is 0 Å². The molecule has 3 N–H and O–H groups in total. The molecule has 0 saturated heterocycles. The number of hydrogen-bond donors (Lipinski definition) is 2. The molecule has 0 radical (unpaired) electrons. The van der Waals surface area contributed by atoms with Crippen molar-refractivity contribution in [3.8, 4) is 5.75 Å². The zero-order valence-electron chi connectivity index (χ0n) is 8.33. The van der Waals surface area contributed by atoms with Gasteiger partial charge in [-0.2, -0.15) is 0 Å². The highest BCUT2D eigenvalue weighted by atomic mass is 79.9. The second-order valence-electron chi connectivity index (χ2n) is 2.93. The molecule has 8 heteroatoms. The van der Waals surface area contributed by atoms with Crippen molar-refractivity contribution in [3.63, 3.8) is 0 Å². The fraction of sp³-hybridized carbons (Fsp3) is 0.222. The van der Waals surface area contributed by atoms with E-state index in [1.165, 1.54) is 6.07 Å². The number of nitrogens with zero attached hydrogens (tertiary/aromatic N) is 1. The average molecular weight is 313 g/mol. The fourth-order valence-corrected chi connectivity index (χ4v) is 1.58. The highest BCUT2D eigenvalue weighted by Gasteiger charge is 2.16. The van der Waals surface area contributed by atoms with Gasteiger partial charge in [0.15, 0.2) is 17.4 Å². The first-order valence-electron chi connectivity index (χ1n) is 4.34. The van der Waals surface area contributed by atoms with E-state index in [1.54, 1.807) is 0 Å². The van der Waals surface area contributed by atoms with E-state index in [1.807, 2.05) is 0 Å². The first-order valence-corrected chi connectivity index (χ1v) is 5.13. The van der Waals surface area contributed by atoms with E-state index in [0.29, 0.717) is 0 Å². The topological polar surface area (TPSA) is 67.8 Å². The highest BCUT2D eigenvalue weighted by Crippen LogP contribution is 2.28. The Morgan fingerprint density at radius 1 is 1.53 bits per heavy atom. The maximum atomic E-state index is 13.6. The predicted octanol–water partition coefficient (Wildman–Crippen LogP) is 2.33. The van der Waals surface area contributed by atoms with Crippen LogP contribution in [0.1, 0.15) is 5.56 Å². The van der Waals surface area contributed by atoms with Gasteiger partial charge in [-0.1, -0.05) is 5.16 Å². The summed E-state index contributed by atoms with van der Waals surface area (Å²) < 4.78 is 41.8. The molecule has 1 aromatic rings. The average Bonchev–Trinajstić information content (AvgIpc) is 2.30. The molecule has 0 heterocycles. The molecule has 0 aliphatic carbocycles. The third-order valence-corrected chi connectivity index (χ3v) is 2.57. The van der Waals surface area contributed by atoms with Gasteiger partial charge in [0, 0.05) is 5.56 Å². The number of amidine groups is 1. The molecule has 0 bridgehead atoms. The van der Waals surface area contributed by atoms with E-state index in [4.69, 9.17) is 10.9 Å². The van der Waals surface area contributed by atoms with Crippen LogP contribution in [0.3, 0.4) is 0 Å². The molecule has 0 unspecified atom stereocenters. The Hall–Kier alpha value is -1.44. The maximum Gasteiger partial charge on any atom is 0.272 e. The molecule has 0 fully saturated rings. The van der Waals surface area contributed by atoms with Crippen LogP contribution < -0.4 is 10.5 Å². The van der Waals surface area contributed by atoms with Crippen molar-refractivity contribution >= 4 is 21.8 Å². The van der Waals surface area contributed by atoms with Crippen LogP contribution in [0.15, 0.2) is 21.8 Å². The van der Waals surface area contributed by atoms with Gasteiger partial charge in [0.25, 0.3) is 6.43 Å². The zero-order valence-corrected chi connectivity index (χ0v) is 9.92. The second-order valence-corrected chi connectivity index (χ2v) is 3.72. The van der Waals surface area contributed by atoms with Gasteiger partial charge < -0.3 is 15.7 Å². The lowest BCUT2D eigenvalue weighted by molar-refractivity contribution is 0.0798. The summed E-state index contributed by atoms with van der Waals surface area (Å²) in [6, 6.07) is 2.40. The summed E-state index contributed by atoms with van der Waals surface area (Å²) in [5.74, 6) is -1.54. The number of rotatable bonds is 4. The minimum Gasteiger partial charge on any atom is -0.485 e. The summed E-state index contributed by atoms with van der Waals surface area (Å²) in [5.41, 5.74) is 5.37. The highest BCUT2D eigenvalue weighted by molar-refractivity contribution is 9.10. The van der Waals surface area contributed by atoms with Crippen molar-refractivity contribution < 1.29 is 23.1 Å². The summed E-state index contributed by atoms with van der Waals surface area (Å²) in [4.78, 5) is 0. The molecular weight excluding hydrogens is 305 g/mol. The van der Waals surface area contributed by atoms with Gasteiger partial charge in [0.1, 0.15) is 6.61 Å². The van der Waals surface area contributed by atoms with Crippen LogP contribution in [-0.4, -0.2) is 24.1 Å². The molecular formula is C9H8BrF3N2O2. The van der Waals surface area contributed by atoms with Crippen LogP contribution in [0.25, 0.3) is 0 Å². The Bertz CT molecular complexity index is 440. The summed E-state index contributed by atoms with van der Waals surface area (Å²) in [6.07, 6.45) is -2.70. The van der Waals surface area contributed by atoms with Crippen LogP contribution in [0.5, 0.6) is 5.75 Å². The largest absolute Gasteiger partial charge is 0.485 e. The van der Waals surface area contributed by atoms with E-state index < -0.39 is 18.8 Å². The van der Waals surface area contributed by atoms with Crippen molar-refractivity contribution in [3.05, 3.63) is 28.0 Å². The quantitative estimate of drug-likeness (QED) is 0.388. The minimum absolute atomic E-state index is 0.0920. The van der Waals surface area contributed by atoms with Crippen LogP contribution in [0.2, 0.25) is 0 Å². The monoisotopic (exact) mass is 312 g/mol. The van der Waals surface area contributed by atoms with Gasteiger partial charge in [-0.15, -0.1) is 0 Å². The molecule has 0 amide bonds. The minimum atomic E-state index is -2.70. The zero-order chi connectivity index (χ0) is 13.0. The molecule has 0 aromatic heterocycles. The maximum absolute atomic E-state index is 13.6. The van der Waals surface area contributed by atoms with E-state index in [9.17, 15) is 13.2 Å². The molecule has 4 nitrogen and oxygen atoms in total. The Morgan fingerprint density at radius 3 is 2.71 bits per heavy atom. The van der Waals surface area contributed by atoms with Crippen LogP contribution in [-0.2, 0) is 0 Å². The molecule has 1 rings (SSSR count). The lowest BCUT2D eigenvalue weighted by Gasteiger charge is -2.10. The van der Waals surface area contributed by atoms with Crippen LogP contribution in [0, 0.1) is 5.82 Å². The molecule has 94 valence electrons. The summed E-state index contributed by atoms with van der Waals surface area (Å²) in [6.45, 7) is -0.910. The molecule has 1 aromatic carbocycles. The number of nitrogens with two attached hydrogens (primary N) is 1. The van der Waals surface area contributed by atoms with Gasteiger partial charge in [0.2, 0.25) is 0 Å². The Morgan fingerprint density at radius 2 is 2.18 bits per heavy atom. The van der Waals surface area contributed by atoms with E-state index in [2.05, 4.69) is 25.8 Å². The van der Waals surface area contributed by atoms with Gasteiger partial charge in [-0.25, -0.2) is 13.2 Å². The molecule has 17 heavy (non-hydrogen) atoms. The molecule has 0 spiro atoms. The lowest BCUT2D eigenvalue weighted by Crippen LogP contribution is -2.15. The van der Waals surface area contributed by atoms with Crippen molar-refractivity contribution in [2.75, 3.05) is 6.61 Å². The number of hydrogen-bond acceptors (Lipinski definition) is 3. The SMILES string of the molecule is N/C(=N/O)c1ccc(OCC(F)F)c(F)c1Br. The third-order valence-electron chi connectivity index (χ3n) is 1.80. The van der Waals surface area contributed by atoms with Crippen LogP contribution in [0.4, 0.5) is 13.2 Å². The van der Waals surface area contributed by atoms with Crippen LogP contribution >= 0.6 is 15.9 Å². The molecule has 0 saturated carbocycles. The number of alkyl halides is 2. The Labute approximate surface area is 103 Å².